The number of likely N-dealkylation sites (N-methyl/N-ethyl adjacent to an activating group) is 1. The van der Waals surface area contributed by atoms with Crippen LogP contribution >= 0.6 is 0 Å². The van der Waals surface area contributed by atoms with Gasteiger partial charge in [0.15, 0.2) is 0 Å². The minimum atomic E-state index is -0.466. The summed E-state index contributed by atoms with van der Waals surface area (Å²) in [6.45, 7) is 3.30. The molecule has 0 heterocycles. The maximum absolute atomic E-state index is 10.1. The van der Waals surface area contributed by atoms with Gasteiger partial charge in [-0.05, 0) is 62.9 Å². The topological polar surface area (TPSA) is 58.7 Å². The van der Waals surface area contributed by atoms with Crippen molar-refractivity contribution in [1.29, 1.82) is 0 Å². The Morgan fingerprint density at radius 3 is 2.48 bits per heavy atom. The summed E-state index contributed by atoms with van der Waals surface area (Å²) in [5.74, 6) is 1.60. The largest absolute Gasteiger partial charge is 0.491 e. The first kappa shape index (κ1) is 16.1. The molecule has 0 bridgehead atoms. The SMILES string of the molecule is CC1CCC(N(C)CC(O)COc2ccc(N)cc2)CC1. The Kier molecular flexibility index (Phi) is 5.88. The van der Waals surface area contributed by atoms with Crippen LogP contribution < -0.4 is 10.5 Å². The van der Waals surface area contributed by atoms with Crippen molar-refractivity contribution in [2.24, 2.45) is 5.92 Å². The van der Waals surface area contributed by atoms with Crippen molar-refractivity contribution in [2.75, 3.05) is 25.9 Å². The lowest BCUT2D eigenvalue weighted by molar-refractivity contribution is 0.0532. The number of rotatable bonds is 6. The Morgan fingerprint density at radius 2 is 1.86 bits per heavy atom. The second-order valence-corrected chi connectivity index (χ2v) is 6.39. The van der Waals surface area contributed by atoms with Crippen LogP contribution in [0.1, 0.15) is 32.6 Å². The molecule has 2 rings (SSSR count). The van der Waals surface area contributed by atoms with Gasteiger partial charge in [-0.2, -0.15) is 0 Å². The summed E-state index contributed by atoms with van der Waals surface area (Å²) in [4.78, 5) is 2.28. The molecule has 1 aliphatic rings. The van der Waals surface area contributed by atoms with Crippen LogP contribution in [-0.2, 0) is 0 Å². The molecule has 118 valence electrons. The third-order valence-corrected chi connectivity index (χ3v) is 4.43. The second-order valence-electron chi connectivity index (χ2n) is 6.39. The van der Waals surface area contributed by atoms with E-state index in [2.05, 4.69) is 18.9 Å². The van der Waals surface area contributed by atoms with Crippen LogP contribution in [0.5, 0.6) is 5.75 Å². The number of hydrogen-bond donors (Lipinski definition) is 2. The number of aliphatic hydroxyl groups excluding tert-OH is 1. The Balaban J connectivity index is 1.71. The summed E-state index contributed by atoms with van der Waals surface area (Å²) < 4.78 is 5.60. The molecule has 0 aliphatic heterocycles. The first-order valence-electron chi connectivity index (χ1n) is 7.91. The lowest BCUT2D eigenvalue weighted by Gasteiger charge is -2.34. The van der Waals surface area contributed by atoms with E-state index in [4.69, 9.17) is 10.5 Å². The molecule has 1 aromatic carbocycles. The van der Waals surface area contributed by atoms with Crippen molar-refractivity contribution in [1.82, 2.24) is 4.90 Å². The molecule has 3 N–H and O–H groups in total. The van der Waals surface area contributed by atoms with E-state index in [-0.39, 0.29) is 0 Å². The van der Waals surface area contributed by atoms with Crippen LogP contribution in [0.15, 0.2) is 24.3 Å². The predicted octanol–water partition coefficient (Wildman–Crippen LogP) is 2.52. The normalized spacial score (nSPS) is 24.0. The third-order valence-electron chi connectivity index (χ3n) is 4.43. The van der Waals surface area contributed by atoms with Crippen molar-refractivity contribution >= 4 is 5.69 Å². The molecule has 1 unspecified atom stereocenters. The van der Waals surface area contributed by atoms with E-state index in [1.807, 2.05) is 12.1 Å². The summed E-state index contributed by atoms with van der Waals surface area (Å²) in [7, 11) is 2.10. The quantitative estimate of drug-likeness (QED) is 0.791. The highest BCUT2D eigenvalue weighted by Gasteiger charge is 2.23. The van der Waals surface area contributed by atoms with E-state index < -0.39 is 6.10 Å². The molecule has 21 heavy (non-hydrogen) atoms. The number of benzene rings is 1. The lowest BCUT2D eigenvalue weighted by atomic mass is 9.87. The van der Waals surface area contributed by atoms with E-state index in [9.17, 15) is 5.11 Å². The molecule has 1 atom stereocenters. The van der Waals surface area contributed by atoms with Crippen LogP contribution in [0.2, 0.25) is 0 Å². The van der Waals surface area contributed by atoms with Gasteiger partial charge in [0.25, 0.3) is 0 Å². The van der Waals surface area contributed by atoms with Gasteiger partial charge in [-0.15, -0.1) is 0 Å². The molecular formula is C17H28N2O2. The maximum Gasteiger partial charge on any atom is 0.119 e. The monoisotopic (exact) mass is 292 g/mol. The number of hydrogen-bond acceptors (Lipinski definition) is 4. The molecular weight excluding hydrogens is 264 g/mol. The number of nitrogen functional groups attached to an aromatic ring is 1. The molecule has 0 radical (unpaired) electrons. The highest BCUT2D eigenvalue weighted by atomic mass is 16.5. The average molecular weight is 292 g/mol. The van der Waals surface area contributed by atoms with Gasteiger partial charge in [-0.3, -0.25) is 0 Å². The minimum absolute atomic E-state index is 0.317. The molecule has 1 saturated carbocycles. The minimum Gasteiger partial charge on any atom is -0.491 e. The smallest absolute Gasteiger partial charge is 0.119 e. The van der Waals surface area contributed by atoms with Crippen molar-refractivity contribution in [3.05, 3.63) is 24.3 Å². The summed E-state index contributed by atoms with van der Waals surface area (Å²) in [6, 6.07) is 7.86. The van der Waals surface area contributed by atoms with Crippen LogP contribution in [0, 0.1) is 5.92 Å². The molecule has 1 aliphatic carbocycles. The summed E-state index contributed by atoms with van der Waals surface area (Å²) in [6.07, 6.45) is 4.61. The fraction of sp³-hybridized carbons (Fsp3) is 0.647. The van der Waals surface area contributed by atoms with Gasteiger partial charge in [0, 0.05) is 18.3 Å². The van der Waals surface area contributed by atoms with Gasteiger partial charge in [0.1, 0.15) is 18.5 Å². The Morgan fingerprint density at radius 1 is 1.24 bits per heavy atom. The van der Waals surface area contributed by atoms with Gasteiger partial charge >= 0.3 is 0 Å². The molecule has 1 fully saturated rings. The van der Waals surface area contributed by atoms with Crippen LogP contribution in [0.4, 0.5) is 5.69 Å². The lowest BCUT2D eigenvalue weighted by Crippen LogP contribution is -2.41. The van der Waals surface area contributed by atoms with E-state index in [1.165, 1.54) is 25.7 Å². The Hall–Kier alpha value is -1.26. The molecule has 0 spiro atoms. The fourth-order valence-corrected chi connectivity index (χ4v) is 2.97. The zero-order valence-corrected chi connectivity index (χ0v) is 13.2. The van der Waals surface area contributed by atoms with E-state index in [0.717, 1.165) is 11.7 Å². The zero-order valence-electron chi connectivity index (χ0n) is 13.2. The number of aliphatic hydroxyl groups is 1. The van der Waals surface area contributed by atoms with Crippen molar-refractivity contribution in [3.63, 3.8) is 0 Å². The van der Waals surface area contributed by atoms with E-state index in [0.29, 0.717) is 24.9 Å². The van der Waals surface area contributed by atoms with Gasteiger partial charge in [0.2, 0.25) is 0 Å². The molecule has 0 aromatic heterocycles. The molecule has 0 amide bonds. The van der Waals surface area contributed by atoms with Gasteiger partial charge in [0.05, 0.1) is 0 Å². The summed E-state index contributed by atoms with van der Waals surface area (Å²) in [5.41, 5.74) is 6.35. The van der Waals surface area contributed by atoms with Crippen molar-refractivity contribution in [2.45, 2.75) is 44.8 Å². The molecule has 1 aromatic rings. The Labute approximate surface area is 127 Å². The van der Waals surface area contributed by atoms with E-state index >= 15 is 0 Å². The number of ether oxygens (including phenoxy) is 1. The summed E-state index contributed by atoms with van der Waals surface area (Å²) in [5, 5.41) is 10.1. The Bertz CT molecular complexity index is 413. The first-order valence-corrected chi connectivity index (χ1v) is 7.91. The zero-order chi connectivity index (χ0) is 15.2. The maximum atomic E-state index is 10.1. The van der Waals surface area contributed by atoms with Crippen molar-refractivity contribution in [3.8, 4) is 5.75 Å². The molecule has 4 nitrogen and oxygen atoms in total. The highest BCUT2D eigenvalue weighted by Crippen LogP contribution is 2.26. The fourth-order valence-electron chi connectivity index (χ4n) is 2.97. The number of nitrogens with two attached hydrogens (primary N) is 1. The van der Waals surface area contributed by atoms with Crippen LogP contribution in [-0.4, -0.2) is 42.4 Å². The number of anilines is 1. The first-order chi connectivity index (χ1) is 10.0. The van der Waals surface area contributed by atoms with Gasteiger partial charge < -0.3 is 20.5 Å². The van der Waals surface area contributed by atoms with Crippen LogP contribution in [0.25, 0.3) is 0 Å². The van der Waals surface area contributed by atoms with Crippen LogP contribution in [0.3, 0.4) is 0 Å². The summed E-state index contributed by atoms with van der Waals surface area (Å²) >= 11 is 0. The highest BCUT2D eigenvalue weighted by molar-refractivity contribution is 5.41. The standard InChI is InChI=1S/C17H28N2O2/c1-13-3-7-15(8-4-13)19(2)11-16(20)12-21-17-9-5-14(18)6-10-17/h5-6,9-10,13,15-16,20H,3-4,7-8,11-12,18H2,1-2H3. The molecule has 0 saturated heterocycles. The van der Waals surface area contributed by atoms with Gasteiger partial charge in [-0.25, -0.2) is 0 Å². The van der Waals surface area contributed by atoms with Gasteiger partial charge in [-0.1, -0.05) is 6.92 Å². The predicted molar refractivity (Wildman–Crippen MR) is 86.4 cm³/mol. The van der Waals surface area contributed by atoms with Crippen molar-refractivity contribution < 1.29 is 9.84 Å². The number of nitrogens with zero attached hydrogens (tertiary/aromatic N) is 1. The second kappa shape index (κ2) is 7.66. The molecule has 4 heteroatoms. The average Bonchev–Trinajstić information content (AvgIpc) is 2.47. The van der Waals surface area contributed by atoms with E-state index in [1.54, 1.807) is 12.1 Å². The third kappa shape index (κ3) is 5.21.